The topological polar surface area (TPSA) is 75.2 Å². The summed E-state index contributed by atoms with van der Waals surface area (Å²) < 4.78 is 0. The first kappa shape index (κ1) is 17.6. The third kappa shape index (κ3) is 4.87. The van der Waals surface area contributed by atoms with Gasteiger partial charge in [-0.1, -0.05) is 0 Å². The lowest BCUT2D eigenvalue weighted by molar-refractivity contribution is 0.0796. The van der Waals surface area contributed by atoms with Crippen LogP contribution in [-0.4, -0.2) is 46.3 Å². The molecule has 1 N–H and O–H groups in total. The zero-order valence-electron chi connectivity index (χ0n) is 14.2. The quantitative estimate of drug-likeness (QED) is 0.880. The molecule has 0 bridgehead atoms. The molecule has 0 atom stereocenters. The fourth-order valence-electron chi connectivity index (χ4n) is 2.19. The largest absolute Gasteiger partial charge is 0.349 e. The van der Waals surface area contributed by atoms with Crippen LogP contribution in [0, 0.1) is 0 Å². The van der Waals surface area contributed by atoms with Crippen LogP contribution in [0.2, 0.25) is 0 Å². The van der Waals surface area contributed by atoms with Gasteiger partial charge in [-0.15, -0.1) is 0 Å². The van der Waals surface area contributed by atoms with Crippen LogP contribution >= 0.6 is 0 Å². The number of hydrogen-bond acceptors (Lipinski definition) is 4. The maximum Gasteiger partial charge on any atom is 0.270 e. The van der Waals surface area contributed by atoms with E-state index in [-0.39, 0.29) is 23.6 Å². The Hall–Kier alpha value is -2.76. The van der Waals surface area contributed by atoms with Crippen molar-refractivity contribution in [1.29, 1.82) is 0 Å². The molecule has 0 spiro atoms. The van der Waals surface area contributed by atoms with Gasteiger partial charge in [0.25, 0.3) is 11.8 Å². The van der Waals surface area contributed by atoms with Crippen LogP contribution in [0.25, 0.3) is 0 Å². The second-order valence-electron chi connectivity index (χ2n) is 5.89. The van der Waals surface area contributed by atoms with E-state index >= 15 is 0 Å². The maximum absolute atomic E-state index is 12.5. The van der Waals surface area contributed by atoms with Crippen LogP contribution in [0.15, 0.2) is 42.9 Å². The summed E-state index contributed by atoms with van der Waals surface area (Å²) in [4.78, 5) is 34.2. The van der Waals surface area contributed by atoms with Gasteiger partial charge in [0.2, 0.25) is 0 Å². The van der Waals surface area contributed by atoms with Gasteiger partial charge in [0.15, 0.2) is 0 Å². The van der Waals surface area contributed by atoms with Crippen molar-refractivity contribution in [2.45, 2.75) is 26.3 Å². The average molecular weight is 326 g/mol. The lowest BCUT2D eigenvalue weighted by Gasteiger charge is -2.17. The van der Waals surface area contributed by atoms with Crippen LogP contribution in [0.5, 0.6) is 0 Å². The van der Waals surface area contributed by atoms with Crippen molar-refractivity contribution in [2.75, 3.05) is 13.6 Å². The molecule has 126 valence electrons. The Morgan fingerprint density at radius 2 is 1.88 bits per heavy atom. The van der Waals surface area contributed by atoms with E-state index in [1.807, 2.05) is 26.0 Å². The fraction of sp³-hybridized carbons (Fsp3) is 0.333. The zero-order valence-corrected chi connectivity index (χ0v) is 14.2. The van der Waals surface area contributed by atoms with Gasteiger partial charge < -0.3 is 10.2 Å². The molecule has 2 aromatic rings. The first-order valence-electron chi connectivity index (χ1n) is 7.88. The van der Waals surface area contributed by atoms with Gasteiger partial charge in [-0.05, 0) is 50.1 Å². The van der Waals surface area contributed by atoms with Crippen molar-refractivity contribution in [1.82, 2.24) is 20.2 Å². The average Bonchev–Trinajstić information content (AvgIpc) is 2.59. The predicted molar refractivity (Wildman–Crippen MR) is 91.7 cm³/mol. The number of pyridine rings is 2. The lowest BCUT2D eigenvalue weighted by Crippen LogP contribution is -2.32. The Morgan fingerprint density at radius 1 is 1.17 bits per heavy atom. The highest BCUT2D eigenvalue weighted by Crippen LogP contribution is 2.07. The molecule has 0 aromatic carbocycles. The van der Waals surface area contributed by atoms with Gasteiger partial charge in [0.1, 0.15) is 5.69 Å². The maximum atomic E-state index is 12.5. The molecule has 2 amide bonds. The van der Waals surface area contributed by atoms with E-state index < -0.39 is 0 Å². The van der Waals surface area contributed by atoms with Crippen molar-refractivity contribution in [2.24, 2.45) is 0 Å². The number of rotatable bonds is 6. The number of carbonyl (C=O) groups is 2. The number of hydrogen-bond donors (Lipinski definition) is 1. The molecule has 0 fully saturated rings. The Bertz CT molecular complexity index is 701. The predicted octanol–water partition coefficient (Wildman–Crippen LogP) is 1.93. The molecule has 2 heterocycles. The SMILES string of the molecule is CC(C)NC(=O)c1cc(C(=O)N(C)CCc2ccncc2)ccn1. The number of likely N-dealkylation sites (N-methyl/N-ethyl adjacent to an activating group) is 1. The van der Waals surface area contributed by atoms with E-state index in [2.05, 4.69) is 15.3 Å². The summed E-state index contributed by atoms with van der Waals surface area (Å²) in [5, 5.41) is 2.77. The summed E-state index contributed by atoms with van der Waals surface area (Å²) in [5.74, 6) is -0.413. The minimum Gasteiger partial charge on any atom is -0.349 e. The number of amides is 2. The summed E-state index contributed by atoms with van der Waals surface area (Å²) in [6.07, 6.45) is 5.70. The summed E-state index contributed by atoms with van der Waals surface area (Å²) in [7, 11) is 1.75. The van der Waals surface area contributed by atoms with E-state index in [1.54, 1.807) is 30.4 Å². The number of aromatic nitrogens is 2. The van der Waals surface area contributed by atoms with Gasteiger partial charge in [-0.25, -0.2) is 0 Å². The Kier molecular flexibility index (Phi) is 6.01. The molecule has 0 unspecified atom stereocenters. The van der Waals surface area contributed by atoms with Crippen molar-refractivity contribution >= 4 is 11.8 Å². The zero-order chi connectivity index (χ0) is 17.5. The van der Waals surface area contributed by atoms with Crippen molar-refractivity contribution in [3.8, 4) is 0 Å². The van der Waals surface area contributed by atoms with Crippen LogP contribution in [0.3, 0.4) is 0 Å². The van der Waals surface area contributed by atoms with Gasteiger partial charge in [-0.3, -0.25) is 19.6 Å². The van der Waals surface area contributed by atoms with Crippen molar-refractivity contribution in [3.05, 3.63) is 59.7 Å². The van der Waals surface area contributed by atoms with Gasteiger partial charge in [0, 0.05) is 43.8 Å². The van der Waals surface area contributed by atoms with Crippen LogP contribution < -0.4 is 5.32 Å². The van der Waals surface area contributed by atoms with E-state index in [9.17, 15) is 9.59 Å². The molecule has 0 saturated heterocycles. The molecule has 0 aliphatic carbocycles. The van der Waals surface area contributed by atoms with Crippen molar-refractivity contribution < 1.29 is 9.59 Å². The van der Waals surface area contributed by atoms with Crippen LogP contribution in [0.4, 0.5) is 0 Å². The first-order chi connectivity index (χ1) is 11.5. The molecule has 0 radical (unpaired) electrons. The fourth-order valence-corrected chi connectivity index (χ4v) is 2.19. The van der Waals surface area contributed by atoms with E-state index in [1.165, 1.54) is 12.3 Å². The highest BCUT2D eigenvalue weighted by Gasteiger charge is 2.15. The smallest absolute Gasteiger partial charge is 0.270 e. The van der Waals surface area contributed by atoms with Gasteiger partial charge in [-0.2, -0.15) is 0 Å². The molecule has 6 nitrogen and oxygen atoms in total. The summed E-state index contributed by atoms with van der Waals surface area (Å²) in [5.41, 5.74) is 1.82. The highest BCUT2D eigenvalue weighted by atomic mass is 16.2. The summed E-state index contributed by atoms with van der Waals surface area (Å²) in [6, 6.07) is 7.03. The molecular weight excluding hydrogens is 304 g/mol. The number of nitrogens with one attached hydrogen (secondary N) is 1. The van der Waals surface area contributed by atoms with E-state index in [0.717, 1.165) is 12.0 Å². The Balaban J connectivity index is 2.02. The number of nitrogens with zero attached hydrogens (tertiary/aromatic N) is 3. The van der Waals surface area contributed by atoms with Crippen LogP contribution in [-0.2, 0) is 6.42 Å². The van der Waals surface area contributed by atoms with E-state index in [0.29, 0.717) is 12.1 Å². The Morgan fingerprint density at radius 3 is 2.54 bits per heavy atom. The molecule has 0 saturated carbocycles. The van der Waals surface area contributed by atoms with Crippen LogP contribution in [0.1, 0.15) is 40.3 Å². The normalized spacial score (nSPS) is 10.5. The number of carbonyl (C=O) groups excluding carboxylic acids is 2. The molecule has 2 rings (SSSR count). The summed E-state index contributed by atoms with van der Waals surface area (Å²) in [6.45, 7) is 4.33. The molecular formula is C18H22N4O2. The first-order valence-corrected chi connectivity index (χ1v) is 7.88. The monoisotopic (exact) mass is 326 g/mol. The molecule has 0 aliphatic rings. The van der Waals surface area contributed by atoms with Gasteiger partial charge >= 0.3 is 0 Å². The minimum atomic E-state index is -0.279. The Labute approximate surface area is 141 Å². The lowest BCUT2D eigenvalue weighted by atomic mass is 10.1. The van der Waals surface area contributed by atoms with Gasteiger partial charge in [0.05, 0.1) is 0 Å². The molecule has 6 heteroatoms. The third-order valence-electron chi connectivity index (χ3n) is 3.49. The van der Waals surface area contributed by atoms with E-state index in [4.69, 9.17) is 0 Å². The second-order valence-corrected chi connectivity index (χ2v) is 5.89. The second kappa shape index (κ2) is 8.19. The highest BCUT2D eigenvalue weighted by molar-refractivity contribution is 5.98. The van der Waals surface area contributed by atoms with Crippen molar-refractivity contribution in [3.63, 3.8) is 0 Å². The third-order valence-corrected chi connectivity index (χ3v) is 3.49. The minimum absolute atomic E-state index is 0.0155. The molecule has 24 heavy (non-hydrogen) atoms. The summed E-state index contributed by atoms with van der Waals surface area (Å²) >= 11 is 0. The molecule has 2 aromatic heterocycles. The molecule has 0 aliphatic heterocycles. The standard InChI is InChI=1S/C18H22N4O2/c1-13(2)21-17(23)16-12-15(6-10-20-16)18(24)22(3)11-7-14-4-8-19-9-5-14/h4-6,8-10,12-13H,7,11H2,1-3H3,(H,21,23).